The van der Waals surface area contributed by atoms with Gasteiger partial charge >= 0.3 is 0 Å². The number of hydrogen-bond donors (Lipinski definition) is 0. The lowest BCUT2D eigenvalue weighted by molar-refractivity contribution is 0.962. The fraction of sp³-hybridized carbons (Fsp3) is 0.154. The Morgan fingerprint density at radius 2 is 1.65 bits per heavy atom. The van der Waals surface area contributed by atoms with E-state index in [0.29, 0.717) is 0 Å². The Bertz CT molecular complexity index is 1160. The summed E-state index contributed by atoms with van der Waals surface area (Å²) in [6.45, 7) is 2.22. The fourth-order valence-electron chi connectivity index (χ4n) is 4.20. The predicted molar refractivity (Wildman–Crippen MR) is 114 cm³/mol. The van der Waals surface area contributed by atoms with Crippen molar-refractivity contribution in [2.45, 2.75) is 26.2 Å². The Kier molecular flexibility index (Phi) is 3.64. The van der Waals surface area contributed by atoms with Crippen LogP contribution in [0.4, 0.5) is 0 Å². The summed E-state index contributed by atoms with van der Waals surface area (Å²) in [5.74, 6) is 0. The van der Waals surface area contributed by atoms with Crippen molar-refractivity contribution in [3.8, 4) is 11.1 Å². The minimum Gasteiger partial charge on any atom is -0.0840 e. The molecule has 0 atom stereocenters. The van der Waals surface area contributed by atoms with E-state index in [0.717, 1.165) is 12.8 Å². The molecule has 0 aliphatic heterocycles. The standard InChI is InChI=1S/C26H22/c1-2-3-4-7-18-10-11-22-17-26-23(24(22)14-18)13-12-21-15-19-8-5-6-9-20(19)16-25(21)26/h4-16H,2-3,17H2,1H3/b7-4+. The quantitative estimate of drug-likeness (QED) is 0.302. The Morgan fingerprint density at radius 1 is 0.808 bits per heavy atom. The highest BCUT2D eigenvalue weighted by molar-refractivity contribution is 6.03. The van der Waals surface area contributed by atoms with Gasteiger partial charge in [-0.1, -0.05) is 74.0 Å². The van der Waals surface area contributed by atoms with Crippen molar-refractivity contribution in [2.75, 3.05) is 0 Å². The molecule has 0 heterocycles. The molecule has 0 radical (unpaired) electrons. The lowest BCUT2D eigenvalue weighted by Crippen LogP contribution is -1.85. The Morgan fingerprint density at radius 3 is 2.50 bits per heavy atom. The number of allylic oxidation sites excluding steroid dienone is 1. The highest BCUT2D eigenvalue weighted by Crippen LogP contribution is 2.41. The van der Waals surface area contributed by atoms with Crippen LogP contribution in [0.25, 0.3) is 38.7 Å². The molecule has 0 unspecified atom stereocenters. The van der Waals surface area contributed by atoms with Gasteiger partial charge in [-0.05, 0) is 80.4 Å². The van der Waals surface area contributed by atoms with Crippen LogP contribution < -0.4 is 0 Å². The zero-order valence-corrected chi connectivity index (χ0v) is 15.1. The number of hydrogen-bond acceptors (Lipinski definition) is 0. The molecular formula is C26H22. The van der Waals surface area contributed by atoms with E-state index in [1.165, 1.54) is 55.8 Å². The van der Waals surface area contributed by atoms with Crippen molar-refractivity contribution in [3.05, 3.63) is 89.5 Å². The third-order valence-electron chi connectivity index (χ3n) is 5.55. The summed E-state index contributed by atoms with van der Waals surface area (Å²) < 4.78 is 0. The second kappa shape index (κ2) is 6.14. The average molecular weight is 334 g/mol. The van der Waals surface area contributed by atoms with Gasteiger partial charge < -0.3 is 0 Å². The summed E-state index contributed by atoms with van der Waals surface area (Å²) in [5.41, 5.74) is 7.07. The second-order valence-corrected chi connectivity index (χ2v) is 7.30. The van der Waals surface area contributed by atoms with E-state index in [-0.39, 0.29) is 0 Å². The molecule has 1 aliphatic carbocycles. The number of rotatable bonds is 3. The minimum absolute atomic E-state index is 1.04. The topological polar surface area (TPSA) is 0 Å². The fourth-order valence-corrected chi connectivity index (χ4v) is 4.20. The van der Waals surface area contributed by atoms with Crippen LogP contribution in [0.3, 0.4) is 0 Å². The molecule has 0 amide bonds. The molecule has 0 aromatic heterocycles. The number of unbranched alkanes of at least 4 members (excludes halogenated alkanes) is 1. The van der Waals surface area contributed by atoms with E-state index in [4.69, 9.17) is 0 Å². The lowest BCUT2D eigenvalue weighted by Gasteiger charge is -2.08. The molecule has 0 heteroatoms. The second-order valence-electron chi connectivity index (χ2n) is 7.30. The van der Waals surface area contributed by atoms with Crippen molar-refractivity contribution in [1.82, 2.24) is 0 Å². The van der Waals surface area contributed by atoms with Crippen molar-refractivity contribution >= 4 is 27.6 Å². The maximum Gasteiger partial charge on any atom is -0.000727 e. The van der Waals surface area contributed by atoms with Crippen molar-refractivity contribution in [3.63, 3.8) is 0 Å². The zero-order chi connectivity index (χ0) is 17.5. The molecule has 0 saturated heterocycles. The molecule has 0 nitrogen and oxygen atoms in total. The van der Waals surface area contributed by atoms with Gasteiger partial charge in [0.15, 0.2) is 0 Å². The van der Waals surface area contributed by atoms with E-state index < -0.39 is 0 Å². The van der Waals surface area contributed by atoms with Crippen molar-refractivity contribution in [2.24, 2.45) is 0 Å². The minimum atomic E-state index is 1.04. The van der Waals surface area contributed by atoms with Gasteiger partial charge in [-0.25, -0.2) is 0 Å². The summed E-state index contributed by atoms with van der Waals surface area (Å²) in [5, 5.41) is 5.39. The van der Waals surface area contributed by atoms with Crippen LogP contribution >= 0.6 is 0 Å². The summed E-state index contributed by atoms with van der Waals surface area (Å²) in [4.78, 5) is 0. The SMILES string of the molecule is CCC/C=C/c1ccc2c(c1)-c1ccc3cc4ccccc4cc3c1C2. The van der Waals surface area contributed by atoms with E-state index in [1.54, 1.807) is 0 Å². The van der Waals surface area contributed by atoms with Gasteiger partial charge in [0, 0.05) is 0 Å². The average Bonchev–Trinajstić information content (AvgIpc) is 3.05. The first kappa shape index (κ1) is 15.4. The number of fused-ring (bicyclic) bond motifs is 6. The largest absolute Gasteiger partial charge is 0.0840 e. The van der Waals surface area contributed by atoms with Gasteiger partial charge in [0.1, 0.15) is 0 Å². The van der Waals surface area contributed by atoms with E-state index in [2.05, 4.69) is 85.8 Å². The maximum absolute atomic E-state index is 2.37. The van der Waals surface area contributed by atoms with Gasteiger partial charge in [0.2, 0.25) is 0 Å². The third-order valence-corrected chi connectivity index (χ3v) is 5.55. The summed E-state index contributed by atoms with van der Waals surface area (Å²) in [7, 11) is 0. The molecule has 1 aliphatic rings. The molecule has 0 saturated carbocycles. The van der Waals surface area contributed by atoms with Crippen molar-refractivity contribution < 1.29 is 0 Å². The van der Waals surface area contributed by atoms with Crippen LogP contribution in [0.5, 0.6) is 0 Å². The molecule has 4 aromatic rings. The highest BCUT2D eigenvalue weighted by Gasteiger charge is 2.20. The molecule has 5 rings (SSSR count). The predicted octanol–water partition coefficient (Wildman–Crippen LogP) is 7.38. The Labute approximate surface area is 154 Å². The molecule has 126 valence electrons. The van der Waals surface area contributed by atoms with Gasteiger partial charge in [-0.2, -0.15) is 0 Å². The molecule has 0 N–H and O–H groups in total. The zero-order valence-electron chi connectivity index (χ0n) is 15.1. The van der Waals surface area contributed by atoms with Crippen LogP contribution in [0, 0.1) is 0 Å². The molecule has 4 aromatic carbocycles. The summed E-state index contributed by atoms with van der Waals surface area (Å²) in [6, 6.07) is 24.9. The van der Waals surface area contributed by atoms with E-state index >= 15 is 0 Å². The highest BCUT2D eigenvalue weighted by atomic mass is 14.2. The van der Waals surface area contributed by atoms with Gasteiger partial charge in [0.25, 0.3) is 0 Å². The molecule has 0 spiro atoms. The first-order chi connectivity index (χ1) is 12.8. The van der Waals surface area contributed by atoms with Crippen LogP contribution in [0.2, 0.25) is 0 Å². The maximum atomic E-state index is 2.37. The Balaban J connectivity index is 1.67. The van der Waals surface area contributed by atoms with E-state index in [1.807, 2.05) is 0 Å². The monoisotopic (exact) mass is 334 g/mol. The first-order valence-corrected chi connectivity index (χ1v) is 9.58. The smallest absolute Gasteiger partial charge is 0.000727 e. The summed E-state index contributed by atoms with van der Waals surface area (Å²) in [6.07, 6.45) is 7.93. The van der Waals surface area contributed by atoms with Crippen LogP contribution in [-0.4, -0.2) is 0 Å². The Hall–Kier alpha value is -2.86. The van der Waals surface area contributed by atoms with Gasteiger partial charge in [0.05, 0.1) is 0 Å². The lowest BCUT2D eigenvalue weighted by atomic mass is 9.96. The van der Waals surface area contributed by atoms with Gasteiger partial charge in [-0.3, -0.25) is 0 Å². The van der Waals surface area contributed by atoms with E-state index in [9.17, 15) is 0 Å². The number of benzene rings is 4. The van der Waals surface area contributed by atoms with Crippen LogP contribution in [-0.2, 0) is 6.42 Å². The molecule has 0 fully saturated rings. The molecule has 26 heavy (non-hydrogen) atoms. The molecule has 0 bridgehead atoms. The van der Waals surface area contributed by atoms with Gasteiger partial charge in [-0.15, -0.1) is 0 Å². The third kappa shape index (κ3) is 2.45. The molecular weight excluding hydrogens is 312 g/mol. The first-order valence-electron chi connectivity index (χ1n) is 9.58. The van der Waals surface area contributed by atoms with Crippen LogP contribution in [0.15, 0.2) is 72.8 Å². The van der Waals surface area contributed by atoms with Crippen LogP contribution in [0.1, 0.15) is 36.5 Å². The van der Waals surface area contributed by atoms with Crippen molar-refractivity contribution in [1.29, 1.82) is 0 Å². The normalized spacial score (nSPS) is 12.8. The summed E-state index contributed by atoms with van der Waals surface area (Å²) >= 11 is 0.